The van der Waals surface area contributed by atoms with E-state index in [2.05, 4.69) is 24.6 Å². The predicted octanol–water partition coefficient (Wildman–Crippen LogP) is 0.763. The lowest BCUT2D eigenvalue weighted by Crippen LogP contribution is -2.47. The maximum absolute atomic E-state index is 11.2. The second-order valence-corrected chi connectivity index (χ2v) is 15.5. The highest BCUT2D eigenvalue weighted by Gasteiger charge is 2.26. The Kier molecular flexibility index (Phi) is 31.1. The lowest BCUT2D eigenvalue weighted by molar-refractivity contribution is -0.118. The molecule has 0 unspecified atom stereocenters. The van der Waals surface area contributed by atoms with Crippen LogP contribution in [0, 0.1) is 5.92 Å². The Hall–Kier alpha value is -0.620. The van der Waals surface area contributed by atoms with Gasteiger partial charge in [-0.25, -0.2) is 0 Å². The number of hydrogen-bond acceptors (Lipinski definition) is 13. The second-order valence-electron chi connectivity index (χ2n) is 15.5. The molecule has 0 rings (SSSR count). The Labute approximate surface area is 327 Å². The van der Waals surface area contributed by atoms with Crippen LogP contribution in [0.4, 0.5) is 0 Å². The van der Waals surface area contributed by atoms with Crippen molar-refractivity contribution in [3.63, 3.8) is 0 Å². The lowest BCUT2D eigenvalue weighted by Gasteiger charge is -2.33. The van der Waals surface area contributed by atoms with Gasteiger partial charge in [0.15, 0.2) is 0 Å². The minimum atomic E-state index is -0.606. The first kappa shape index (κ1) is 52.4. The molecule has 7 N–H and O–H groups in total. The van der Waals surface area contributed by atoms with E-state index in [4.69, 9.17) is 0 Å². The minimum Gasteiger partial charge on any atom is -0.437 e. The van der Waals surface area contributed by atoms with Crippen molar-refractivity contribution in [2.24, 2.45) is 5.92 Å². The monoisotopic (exact) mass is 752 g/mol. The third-order valence-corrected chi connectivity index (χ3v) is 10.5. The summed E-state index contributed by atoms with van der Waals surface area (Å²) in [6.07, 6.45) is 10.3. The third kappa shape index (κ3) is 27.6. The van der Waals surface area contributed by atoms with Gasteiger partial charge in [-0.1, -0.05) is 19.3 Å². The van der Waals surface area contributed by atoms with Crippen molar-refractivity contribution in [2.75, 3.05) is 86.1 Å². The van der Waals surface area contributed by atoms with E-state index in [0.29, 0.717) is 6.54 Å². The Balaban J connectivity index is 5.30. The summed E-state index contributed by atoms with van der Waals surface area (Å²) in [6, 6.07) is 0. The average Bonchev–Trinajstić information content (AvgIpc) is 3.07. The standard InChI is InChI=1S/C33H79B6N7O7/c1-32(47)40-21-13-11-10-12-20-33(30-45(38(6)52)26-16-14-24-43(36(4)50)28-18-22-41(8)34(2)48)31-46(39(7)53)27-17-15-25-44(37(5)51)29-19-23-42(9)35(3)49/h33,48-53H,10-31H2,1-9H3,(H,40,47). The maximum Gasteiger partial charge on any atom is 0.376 e. The van der Waals surface area contributed by atoms with Crippen LogP contribution < -0.4 is 5.32 Å². The molecule has 0 radical (unpaired) electrons. The molecule has 1 amide bonds. The summed E-state index contributed by atoms with van der Waals surface area (Å²) in [5.41, 5.74) is 0. The highest BCUT2D eigenvalue weighted by atomic mass is 16.2. The molecule has 0 aliphatic rings. The van der Waals surface area contributed by atoms with Crippen molar-refractivity contribution in [2.45, 2.75) is 118 Å². The van der Waals surface area contributed by atoms with Crippen LogP contribution in [0.25, 0.3) is 0 Å². The van der Waals surface area contributed by atoms with Crippen LogP contribution in [0.5, 0.6) is 0 Å². The molecule has 0 spiro atoms. The van der Waals surface area contributed by atoms with Crippen molar-refractivity contribution in [1.82, 2.24) is 34.2 Å². The van der Waals surface area contributed by atoms with Gasteiger partial charge in [-0.2, -0.15) is 0 Å². The molecule has 0 aliphatic heterocycles. The number of rotatable bonds is 35. The highest BCUT2D eigenvalue weighted by molar-refractivity contribution is 6.46. The fourth-order valence-corrected chi connectivity index (χ4v) is 6.59. The molecule has 0 aromatic carbocycles. The summed E-state index contributed by atoms with van der Waals surface area (Å²) in [6.45, 7) is 20.4. The largest absolute Gasteiger partial charge is 0.437 e. The summed E-state index contributed by atoms with van der Waals surface area (Å²) >= 11 is 0. The van der Waals surface area contributed by atoms with Gasteiger partial charge < -0.3 is 64.3 Å². The molecule has 0 heterocycles. The molecule has 20 heteroatoms. The summed E-state index contributed by atoms with van der Waals surface area (Å²) in [7, 11) is 0.479. The van der Waals surface area contributed by atoms with E-state index in [1.54, 1.807) is 34.2 Å². The fourth-order valence-electron chi connectivity index (χ4n) is 6.59. The molecule has 53 heavy (non-hydrogen) atoms. The van der Waals surface area contributed by atoms with E-state index < -0.39 is 42.3 Å². The van der Waals surface area contributed by atoms with E-state index >= 15 is 0 Å². The predicted molar refractivity (Wildman–Crippen MR) is 228 cm³/mol. The van der Waals surface area contributed by atoms with Gasteiger partial charge in [-0.15, -0.1) is 0 Å². The maximum atomic E-state index is 11.2. The summed E-state index contributed by atoms with van der Waals surface area (Å²) in [5.74, 6) is 0.244. The molecule has 0 saturated carbocycles. The molecule has 0 aliphatic carbocycles. The van der Waals surface area contributed by atoms with E-state index in [9.17, 15) is 34.9 Å². The van der Waals surface area contributed by atoms with Gasteiger partial charge in [0.2, 0.25) is 5.91 Å². The SMILES string of the molecule is CB(O)N(C)CCCN(CCCCN(CC(CCCCCCNC(C)=O)CN(CCCCN(CCCN(C)B(C)O)B(C)O)B(C)O)B(C)O)B(C)O. The molecular weight excluding hydrogens is 671 g/mol. The van der Waals surface area contributed by atoms with Crippen LogP contribution in [-0.4, -0.2) is 193 Å². The molecule has 0 fully saturated rings. The number of carbonyl (C=O) groups excluding carboxylic acids is 1. The lowest BCUT2D eigenvalue weighted by atomic mass is 9.80. The van der Waals surface area contributed by atoms with Crippen molar-refractivity contribution in [1.29, 1.82) is 0 Å². The molecule has 0 atom stereocenters. The Bertz CT molecular complexity index is 840. The summed E-state index contributed by atoms with van der Waals surface area (Å²) in [5, 5.41) is 64.7. The molecule has 306 valence electrons. The number of nitrogens with one attached hydrogen (secondary N) is 1. The number of amides is 1. The van der Waals surface area contributed by atoms with Crippen LogP contribution in [0.2, 0.25) is 40.9 Å². The Morgan fingerprint density at radius 3 is 1.15 bits per heavy atom. The van der Waals surface area contributed by atoms with Crippen LogP contribution in [0.1, 0.15) is 77.6 Å². The smallest absolute Gasteiger partial charge is 0.376 e. The minimum absolute atomic E-state index is 0.000234. The zero-order chi connectivity index (χ0) is 40.3. The molecule has 0 bridgehead atoms. The van der Waals surface area contributed by atoms with Crippen LogP contribution in [-0.2, 0) is 4.79 Å². The molecule has 14 nitrogen and oxygen atoms in total. The first-order valence-corrected chi connectivity index (χ1v) is 20.7. The van der Waals surface area contributed by atoms with Crippen LogP contribution in [0.3, 0.4) is 0 Å². The van der Waals surface area contributed by atoms with Gasteiger partial charge in [-0.3, -0.25) is 4.79 Å². The number of nitrogens with zero attached hydrogens (tertiary/aromatic N) is 6. The van der Waals surface area contributed by atoms with Crippen LogP contribution >= 0.6 is 0 Å². The second kappa shape index (κ2) is 31.5. The van der Waals surface area contributed by atoms with Crippen molar-refractivity contribution >= 4 is 48.2 Å². The number of unbranched alkanes of at least 4 members (excludes halogenated alkanes) is 5. The van der Waals surface area contributed by atoms with Gasteiger partial charge >= 0.3 is 42.3 Å². The zero-order valence-electron chi connectivity index (χ0n) is 35.4. The molecule has 0 aromatic heterocycles. The third-order valence-electron chi connectivity index (χ3n) is 10.5. The number of hydrogen-bond donors (Lipinski definition) is 7. The Morgan fingerprint density at radius 2 is 0.811 bits per heavy atom. The van der Waals surface area contributed by atoms with E-state index in [-0.39, 0.29) is 11.8 Å². The molecular formula is C33H79B6N7O7. The molecule has 0 saturated heterocycles. The van der Waals surface area contributed by atoms with Gasteiger partial charge in [0.25, 0.3) is 0 Å². The summed E-state index contributed by atoms with van der Waals surface area (Å²) in [4.78, 5) is 23.4. The van der Waals surface area contributed by atoms with Gasteiger partial charge in [0.05, 0.1) is 0 Å². The van der Waals surface area contributed by atoms with E-state index in [1.165, 1.54) is 0 Å². The van der Waals surface area contributed by atoms with Gasteiger partial charge in [0, 0.05) is 13.5 Å². The quantitative estimate of drug-likeness (QED) is 0.0359. The van der Waals surface area contributed by atoms with E-state index in [1.807, 2.05) is 37.4 Å². The van der Waals surface area contributed by atoms with Gasteiger partial charge in [-0.05, 0) is 178 Å². The average molecular weight is 751 g/mol. The van der Waals surface area contributed by atoms with Crippen LogP contribution in [0.15, 0.2) is 0 Å². The zero-order valence-corrected chi connectivity index (χ0v) is 35.4. The first-order chi connectivity index (χ1) is 25.0. The fraction of sp³-hybridized carbons (Fsp3) is 0.970. The molecule has 0 aromatic rings. The number of carbonyl (C=O) groups is 1. The topological polar surface area (TPSA) is 170 Å². The normalized spacial score (nSPS) is 12.0. The first-order valence-electron chi connectivity index (χ1n) is 20.7. The van der Waals surface area contributed by atoms with Crippen molar-refractivity contribution in [3.8, 4) is 0 Å². The highest BCUT2D eigenvalue weighted by Crippen LogP contribution is 2.17. The summed E-state index contributed by atoms with van der Waals surface area (Å²) < 4.78 is 0. The van der Waals surface area contributed by atoms with E-state index in [0.717, 1.165) is 136 Å². The van der Waals surface area contributed by atoms with Gasteiger partial charge in [0.1, 0.15) is 0 Å². The van der Waals surface area contributed by atoms with Crippen molar-refractivity contribution in [3.05, 3.63) is 0 Å². The Morgan fingerprint density at radius 1 is 0.472 bits per heavy atom. The van der Waals surface area contributed by atoms with Crippen molar-refractivity contribution < 1.29 is 34.9 Å².